The van der Waals surface area contributed by atoms with Crippen molar-refractivity contribution >= 4 is 16.2 Å². The predicted octanol–water partition coefficient (Wildman–Crippen LogP) is -0.303. The van der Waals surface area contributed by atoms with Crippen molar-refractivity contribution in [2.24, 2.45) is 0 Å². The van der Waals surface area contributed by atoms with Crippen LogP contribution in [0.25, 0.3) is 6.08 Å². The monoisotopic (exact) mass is 307 g/mol. The molecule has 0 fully saturated rings. The Kier molecular flexibility index (Phi) is 8.75. The fourth-order valence-electron chi connectivity index (χ4n) is 1.76. The van der Waals surface area contributed by atoms with E-state index in [0.29, 0.717) is 5.75 Å². The maximum Gasteiger partial charge on any atom is 1.00 e. The number of benzene rings is 1. The molecule has 7 heteroatoms. The third-order valence-electron chi connectivity index (χ3n) is 2.68. The second kappa shape index (κ2) is 9.16. The molecule has 1 rings (SSSR count). The number of rotatable bonds is 7. The van der Waals surface area contributed by atoms with Gasteiger partial charge in [0.1, 0.15) is 11.5 Å². The van der Waals surface area contributed by atoms with E-state index in [1.54, 1.807) is 7.11 Å². The van der Waals surface area contributed by atoms with Gasteiger partial charge in [0.15, 0.2) is 0 Å². The SMILES string of the molecule is C/C=C/c1cc(OC)c(C)cc1OCCCS(=O)(=O)O.[Li+]. The summed E-state index contributed by atoms with van der Waals surface area (Å²) in [5.74, 6) is 1.13. The zero-order valence-corrected chi connectivity index (χ0v) is 13.7. The Morgan fingerprint density at radius 2 is 1.95 bits per heavy atom. The average molecular weight is 307 g/mol. The first kappa shape index (κ1) is 20.1. The topological polar surface area (TPSA) is 72.8 Å². The van der Waals surface area contributed by atoms with Crippen LogP contribution in [-0.2, 0) is 10.1 Å². The summed E-state index contributed by atoms with van der Waals surface area (Å²) >= 11 is 0. The zero-order valence-electron chi connectivity index (χ0n) is 12.9. The maximum atomic E-state index is 10.6. The first-order valence-electron chi connectivity index (χ1n) is 6.26. The van der Waals surface area contributed by atoms with E-state index < -0.39 is 10.1 Å². The number of allylic oxidation sites excluding steroid dienone is 1. The Balaban J connectivity index is 0.00000400. The summed E-state index contributed by atoms with van der Waals surface area (Å²) in [5.41, 5.74) is 1.80. The quantitative estimate of drug-likeness (QED) is 0.425. The minimum Gasteiger partial charge on any atom is -0.496 e. The number of hydrogen-bond donors (Lipinski definition) is 1. The molecule has 1 aromatic rings. The molecule has 0 aliphatic carbocycles. The molecule has 0 aromatic heterocycles. The summed E-state index contributed by atoms with van der Waals surface area (Å²) < 4.78 is 40.7. The van der Waals surface area contributed by atoms with Crippen LogP contribution in [0.15, 0.2) is 18.2 Å². The van der Waals surface area contributed by atoms with Crippen molar-refractivity contribution in [2.75, 3.05) is 19.5 Å². The summed E-state index contributed by atoms with van der Waals surface area (Å²) in [7, 11) is -2.33. The van der Waals surface area contributed by atoms with Crippen molar-refractivity contribution < 1.29 is 41.3 Å². The second-order valence-corrected chi connectivity index (χ2v) is 5.92. The van der Waals surface area contributed by atoms with Crippen LogP contribution in [0.4, 0.5) is 0 Å². The van der Waals surface area contributed by atoms with Crippen molar-refractivity contribution in [1.82, 2.24) is 0 Å². The number of methoxy groups -OCH3 is 1. The van der Waals surface area contributed by atoms with Crippen molar-refractivity contribution in [3.05, 3.63) is 29.3 Å². The van der Waals surface area contributed by atoms with E-state index in [1.807, 2.05) is 38.1 Å². The predicted molar refractivity (Wildman–Crippen MR) is 79.0 cm³/mol. The van der Waals surface area contributed by atoms with Gasteiger partial charge < -0.3 is 9.47 Å². The van der Waals surface area contributed by atoms with Crippen LogP contribution in [0, 0.1) is 6.92 Å². The largest absolute Gasteiger partial charge is 1.00 e. The van der Waals surface area contributed by atoms with E-state index in [1.165, 1.54) is 0 Å². The third kappa shape index (κ3) is 7.05. The fraction of sp³-hybridized carbons (Fsp3) is 0.429. The van der Waals surface area contributed by atoms with E-state index in [4.69, 9.17) is 14.0 Å². The molecule has 1 N–H and O–H groups in total. The molecule has 0 aliphatic rings. The molecule has 1 aromatic carbocycles. The van der Waals surface area contributed by atoms with Gasteiger partial charge in [0.2, 0.25) is 0 Å². The van der Waals surface area contributed by atoms with Crippen LogP contribution in [-0.4, -0.2) is 32.4 Å². The van der Waals surface area contributed by atoms with Gasteiger partial charge in [0.05, 0.1) is 19.5 Å². The molecule has 0 atom stereocenters. The second-order valence-electron chi connectivity index (χ2n) is 4.35. The minimum absolute atomic E-state index is 0. The Labute approximate surface area is 138 Å². The molecule has 5 nitrogen and oxygen atoms in total. The van der Waals surface area contributed by atoms with Gasteiger partial charge in [-0.2, -0.15) is 8.42 Å². The van der Waals surface area contributed by atoms with E-state index in [-0.39, 0.29) is 37.6 Å². The minimum atomic E-state index is -3.93. The number of ether oxygens (including phenoxy) is 2. The number of aryl methyl sites for hydroxylation is 1. The van der Waals surface area contributed by atoms with Gasteiger partial charge >= 0.3 is 18.9 Å². The molecule has 0 unspecified atom stereocenters. The molecule has 0 bridgehead atoms. The molecular weight excluding hydrogens is 287 g/mol. The number of hydrogen-bond acceptors (Lipinski definition) is 4. The smallest absolute Gasteiger partial charge is 0.496 e. The van der Waals surface area contributed by atoms with Crippen molar-refractivity contribution in [2.45, 2.75) is 20.3 Å². The fourth-order valence-corrected chi connectivity index (χ4v) is 2.24. The van der Waals surface area contributed by atoms with E-state index in [2.05, 4.69) is 0 Å². The normalized spacial score (nSPS) is 11.2. The summed E-state index contributed by atoms with van der Waals surface area (Å²) in [6, 6.07) is 3.72. The maximum absolute atomic E-state index is 10.6. The first-order valence-corrected chi connectivity index (χ1v) is 7.87. The Bertz CT molecular complexity index is 581. The van der Waals surface area contributed by atoms with Gasteiger partial charge in [0, 0.05) is 5.56 Å². The first-order chi connectivity index (χ1) is 9.37. The van der Waals surface area contributed by atoms with Gasteiger partial charge in [-0.25, -0.2) is 0 Å². The molecular formula is C14H20LiO5S+. The summed E-state index contributed by atoms with van der Waals surface area (Å²) in [5, 5.41) is 0. The van der Waals surface area contributed by atoms with E-state index >= 15 is 0 Å². The molecule has 0 heterocycles. The van der Waals surface area contributed by atoms with Crippen LogP contribution in [0.1, 0.15) is 24.5 Å². The molecule has 0 saturated carbocycles. The molecule has 0 aliphatic heterocycles. The third-order valence-corrected chi connectivity index (χ3v) is 3.48. The van der Waals surface area contributed by atoms with Gasteiger partial charge in [0.25, 0.3) is 10.1 Å². The summed E-state index contributed by atoms with van der Waals surface area (Å²) in [4.78, 5) is 0. The van der Waals surface area contributed by atoms with Gasteiger partial charge in [-0.15, -0.1) is 0 Å². The Morgan fingerprint density at radius 3 is 2.48 bits per heavy atom. The standard InChI is InChI=1S/C14H20O5S.Li/c1-4-6-12-10-13(18-3)11(2)9-14(12)19-7-5-8-20(15,16)17;/h4,6,9-10H,5,7-8H2,1-3H3,(H,15,16,17);/q;+1/b6-4+;. The molecule has 0 amide bonds. The summed E-state index contributed by atoms with van der Waals surface area (Å²) in [6.07, 6.45) is 4.01. The average Bonchev–Trinajstić information content (AvgIpc) is 2.36. The van der Waals surface area contributed by atoms with Crippen LogP contribution >= 0.6 is 0 Å². The molecule has 0 saturated heterocycles. The molecule has 0 spiro atoms. The molecule has 112 valence electrons. The summed E-state index contributed by atoms with van der Waals surface area (Å²) in [6.45, 7) is 4.02. The van der Waals surface area contributed by atoms with Crippen molar-refractivity contribution in [1.29, 1.82) is 0 Å². The Morgan fingerprint density at radius 1 is 1.29 bits per heavy atom. The van der Waals surface area contributed by atoms with E-state index in [9.17, 15) is 8.42 Å². The van der Waals surface area contributed by atoms with Crippen molar-refractivity contribution in [3.8, 4) is 11.5 Å². The van der Waals surface area contributed by atoms with Gasteiger partial charge in [-0.1, -0.05) is 12.2 Å². The van der Waals surface area contributed by atoms with Gasteiger partial charge in [-0.05, 0) is 38.0 Å². The Hall–Kier alpha value is -0.933. The molecule has 21 heavy (non-hydrogen) atoms. The molecule has 0 radical (unpaired) electrons. The van der Waals surface area contributed by atoms with Crippen LogP contribution in [0.5, 0.6) is 11.5 Å². The van der Waals surface area contributed by atoms with Crippen molar-refractivity contribution in [3.63, 3.8) is 0 Å². The van der Waals surface area contributed by atoms with Crippen LogP contribution in [0.2, 0.25) is 0 Å². The zero-order chi connectivity index (χ0) is 15.2. The van der Waals surface area contributed by atoms with Crippen LogP contribution in [0.3, 0.4) is 0 Å². The van der Waals surface area contributed by atoms with Gasteiger partial charge in [-0.3, -0.25) is 4.55 Å². The van der Waals surface area contributed by atoms with E-state index in [0.717, 1.165) is 16.9 Å². The van der Waals surface area contributed by atoms with Crippen LogP contribution < -0.4 is 28.3 Å².